The molecule has 0 amide bonds. The molecule has 0 saturated heterocycles. The Bertz CT molecular complexity index is 341. The largest absolute Gasteiger partial charge is 0.0870 e. The summed E-state index contributed by atoms with van der Waals surface area (Å²) in [5, 5.41) is 2.15. The summed E-state index contributed by atoms with van der Waals surface area (Å²) >= 11 is 0. The van der Waals surface area contributed by atoms with Gasteiger partial charge in [0, 0.05) is 0 Å². The molecular weight excluding hydrogens is 196 g/mol. The van der Waals surface area contributed by atoms with Gasteiger partial charge < -0.3 is 0 Å². The number of benzene rings is 1. The number of allylic oxidation sites excluding steroid dienone is 2. The molecule has 0 aromatic heterocycles. The lowest BCUT2D eigenvalue weighted by molar-refractivity contribution is 0.756. The highest BCUT2D eigenvalue weighted by Crippen LogP contribution is 2.27. The van der Waals surface area contributed by atoms with Crippen LogP contribution in [0.15, 0.2) is 35.5 Å². The normalized spacial score (nSPS) is 14.5. The van der Waals surface area contributed by atoms with E-state index in [9.17, 15) is 0 Å². The van der Waals surface area contributed by atoms with Gasteiger partial charge >= 0.3 is 0 Å². The summed E-state index contributed by atoms with van der Waals surface area (Å²) in [5.41, 5.74) is 2.86. The molecule has 0 aliphatic rings. The van der Waals surface area contributed by atoms with Crippen LogP contribution < -0.4 is 0 Å². The van der Waals surface area contributed by atoms with E-state index in [0.717, 1.165) is 0 Å². The fourth-order valence-electron chi connectivity index (χ4n) is 1.86. The van der Waals surface area contributed by atoms with E-state index in [0.29, 0.717) is 5.04 Å². The molecule has 1 rings (SSSR count). The Morgan fingerprint density at radius 2 is 1.53 bits per heavy atom. The van der Waals surface area contributed by atoms with Gasteiger partial charge in [-0.15, -0.1) is 0 Å². The zero-order valence-electron chi connectivity index (χ0n) is 10.6. The van der Waals surface area contributed by atoms with Gasteiger partial charge in [0.1, 0.15) is 0 Å². The standard InChI is InChI=1S/C14H22Si/c1-11(12(2)15-14(3,4)5)13-9-7-6-8-10-13/h6-10H,15H2,1-5H3. The maximum absolute atomic E-state index is 2.35. The summed E-state index contributed by atoms with van der Waals surface area (Å²) in [5.74, 6) is 0. The van der Waals surface area contributed by atoms with E-state index in [1.807, 2.05) is 0 Å². The number of hydrogen-bond acceptors (Lipinski definition) is 0. The minimum atomic E-state index is -0.138. The molecule has 1 heteroatoms. The molecule has 0 heterocycles. The van der Waals surface area contributed by atoms with Gasteiger partial charge in [0.2, 0.25) is 0 Å². The minimum absolute atomic E-state index is 0.138. The first-order valence-electron chi connectivity index (χ1n) is 5.62. The van der Waals surface area contributed by atoms with Gasteiger partial charge in [-0.3, -0.25) is 0 Å². The summed E-state index contributed by atoms with van der Waals surface area (Å²) in [7, 11) is -0.138. The summed E-state index contributed by atoms with van der Waals surface area (Å²) < 4.78 is 0. The van der Waals surface area contributed by atoms with Gasteiger partial charge in [0.25, 0.3) is 0 Å². The minimum Gasteiger partial charge on any atom is -0.0870 e. The van der Waals surface area contributed by atoms with Gasteiger partial charge in [0.15, 0.2) is 0 Å². The topological polar surface area (TPSA) is 0 Å². The molecule has 82 valence electrons. The molecule has 0 atom stereocenters. The van der Waals surface area contributed by atoms with Crippen molar-refractivity contribution >= 4 is 15.1 Å². The molecule has 15 heavy (non-hydrogen) atoms. The predicted octanol–water partition coefficient (Wildman–Crippen LogP) is 3.82. The van der Waals surface area contributed by atoms with Crippen molar-refractivity contribution in [3.63, 3.8) is 0 Å². The van der Waals surface area contributed by atoms with Gasteiger partial charge in [-0.05, 0) is 30.0 Å². The lowest BCUT2D eigenvalue weighted by atomic mass is 10.1. The SMILES string of the molecule is CC([SiH2]C(C)(C)C)=C(C)c1ccccc1. The molecule has 0 bridgehead atoms. The predicted molar refractivity (Wildman–Crippen MR) is 73.0 cm³/mol. The molecule has 1 aromatic carbocycles. The summed E-state index contributed by atoms with van der Waals surface area (Å²) in [6.45, 7) is 11.6. The van der Waals surface area contributed by atoms with E-state index in [1.54, 1.807) is 5.20 Å². The third-order valence-electron chi connectivity index (χ3n) is 2.64. The first-order chi connectivity index (χ1) is 6.90. The molecular formula is C14H22Si. The van der Waals surface area contributed by atoms with Crippen LogP contribution in [0.4, 0.5) is 0 Å². The van der Waals surface area contributed by atoms with Gasteiger partial charge in [-0.1, -0.05) is 56.3 Å². The third-order valence-corrected chi connectivity index (χ3v) is 4.76. The molecule has 0 aliphatic heterocycles. The van der Waals surface area contributed by atoms with Crippen LogP contribution in [0.3, 0.4) is 0 Å². The Kier molecular flexibility index (Phi) is 3.92. The molecule has 0 spiro atoms. The number of rotatable bonds is 2. The Morgan fingerprint density at radius 1 is 1.00 bits per heavy atom. The van der Waals surface area contributed by atoms with Gasteiger partial charge in [-0.25, -0.2) is 0 Å². The highest BCUT2D eigenvalue weighted by molar-refractivity contribution is 6.50. The van der Waals surface area contributed by atoms with E-state index in [2.05, 4.69) is 65.0 Å². The lowest BCUT2D eigenvalue weighted by Gasteiger charge is -2.19. The van der Waals surface area contributed by atoms with E-state index < -0.39 is 0 Å². The zero-order valence-corrected chi connectivity index (χ0v) is 12.0. The smallest absolute Gasteiger partial charge is 0.0549 e. The number of hydrogen-bond donors (Lipinski definition) is 0. The van der Waals surface area contributed by atoms with Crippen LogP contribution in [0.5, 0.6) is 0 Å². The van der Waals surface area contributed by atoms with Crippen LogP contribution in [0.1, 0.15) is 40.2 Å². The maximum Gasteiger partial charge on any atom is 0.0549 e. The van der Waals surface area contributed by atoms with E-state index in [-0.39, 0.29) is 9.52 Å². The van der Waals surface area contributed by atoms with Crippen molar-refractivity contribution < 1.29 is 0 Å². The average Bonchev–Trinajstić information content (AvgIpc) is 2.15. The summed E-state index contributed by atoms with van der Waals surface area (Å²) in [6, 6.07) is 10.7. The Balaban J connectivity index is 2.91. The third kappa shape index (κ3) is 4.04. The molecule has 1 aromatic rings. The fraction of sp³-hybridized carbons (Fsp3) is 0.429. The second kappa shape index (κ2) is 4.80. The first kappa shape index (κ1) is 12.2. The van der Waals surface area contributed by atoms with Crippen molar-refractivity contribution in [2.75, 3.05) is 0 Å². The Hall–Kier alpha value is -0.823. The molecule has 0 fully saturated rings. The maximum atomic E-state index is 2.35. The molecule has 0 nitrogen and oxygen atoms in total. The summed E-state index contributed by atoms with van der Waals surface area (Å²) in [6.07, 6.45) is 0. The Labute approximate surface area is 96.2 Å². The Morgan fingerprint density at radius 3 is 2.00 bits per heavy atom. The van der Waals surface area contributed by atoms with E-state index >= 15 is 0 Å². The summed E-state index contributed by atoms with van der Waals surface area (Å²) in [4.78, 5) is 0. The van der Waals surface area contributed by atoms with Gasteiger partial charge in [-0.2, -0.15) is 0 Å². The van der Waals surface area contributed by atoms with Crippen LogP contribution in [0.2, 0.25) is 5.04 Å². The van der Waals surface area contributed by atoms with Crippen LogP contribution in [-0.2, 0) is 0 Å². The highest BCUT2D eigenvalue weighted by atomic mass is 28.2. The molecule has 0 unspecified atom stereocenters. The van der Waals surface area contributed by atoms with Crippen molar-refractivity contribution in [1.82, 2.24) is 0 Å². The lowest BCUT2D eigenvalue weighted by Crippen LogP contribution is -2.10. The second-order valence-corrected chi connectivity index (χ2v) is 9.04. The van der Waals surface area contributed by atoms with E-state index in [4.69, 9.17) is 0 Å². The van der Waals surface area contributed by atoms with Crippen molar-refractivity contribution in [2.24, 2.45) is 0 Å². The van der Waals surface area contributed by atoms with E-state index in [1.165, 1.54) is 11.1 Å². The molecule has 0 radical (unpaired) electrons. The molecule has 0 saturated carbocycles. The van der Waals surface area contributed by atoms with Crippen molar-refractivity contribution in [1.29, 1.82) is 0 Å². The highest BCUT2D eigenvalue weighted by Gasteiger charge is 2.13. The average molecular weight is 218 g/mol. The zero-order chi connectivity index (χ0) is 11.5. The van der Waals surface area contributed by atoms with Crippen LogP contribution >= 0.6 is 0 Å². The molecule has 0 aliphatic carbocycles. The quantitative estimate of drug-likeness (QED) is 0.662. The monoisotopic (exact) mass is 218 g/mol. The van der Waals surface area contributed by atoms with Crippen molar-refractivity contribution in [2.45, 2.75) is 39.7 Å². The van der Waals surface area contributed by atoms with Crippen molar-refractivity contribution in [3.8, 4) is 0 Å². The van der Waals surface area contributed by atoms with Crippen LogP contribution in [-0.4, -0.2) is 9.52 Å². The second-order valence-electron chi connectivity index (χ2n) is 5.51. The van der Waals surface area contributed by atoms with Gasteiger partial charge in [0.05, 0.1) is 9.52 Å². The van der Waals surface area contributed by atoms with Crippen LogP contribution in [0, 0.1) is 0 Å². The molecule has 0 N–H and O–H groups in total. The van der Waals surface area contributed by atoms with Crippen molar-refractivity contribution in [3.05, 3.63) is 41.1 Å². The van der Waals surface area contributed by atoms with Crippen LogP contribution in [0.25, 0.3) is 5.57 Å². The fourth-order valence-corrected chi connectivity index (χ4v) is 3.92. The first-order valence-corrected chi connectivity index (χ1v) is 7.03.